The van der Waals surface area contributed by atoms with Crippen LogP contribution >= 0.6 is 0 Å². The van der Waals surface area contributed by atoms with Crippen LogP contribution in [0.3, 0.4) is 0 Å². The van der Waals surface area contributed by atoms with Gasteiger partial charge in [-0.2, -0.15) is 9.29 Å². The summed E-state index contributed by atoms with van der Waals surface area (Å²) in [5.41, 5.74) is 0.785. The van der Waals surface area contributed by atoms with Crippen LogP contribution in [-0.4, -0.2) is 36.5 Å². The molecule has 1 saturated carbocycles. The normalized spacial score (nSPS) is 21.6. The summed E-state index contributed by atoms with van der Waals surface area (Å²) in [5.74, 6) is 2.17. The molecule has 1 aromatic carbocycles. The lowest BCUT2D eigenvalue weighted by molar-refractivity contribution is 0.289. The zero-order valence-electron chi connectivity index (χ0n) is 14.3. The molecule has 1 unspecified atom stereocenters. The van der Waals surface area contributed by atoms with E-state index in [4.69, 9.17) is 9.26 Å². The van der Waals surface area contributed by atoms with E-state index in [2.05, 4.69) is 10.1 Å². The lowest BCUT2D eigenvalue weighted by Crippen LogP contribution is -2.31. The fourth-order valence-electron chi connectivity index (χ4n) is 3.31. The molecule has 8 heteroatoms. The largest absolute Gasteiger partial charge is 0.496 e. The van der Waals surface area contributed by atoms with Gasteiger partial charge in [-0.25, -0.2) is 8.42 Å². The van der Waals surface area contributed by atoms with Crippen LogP contribution in [0.1, 0.15) is 54.9 Å². The van der Waals surface area contributed by atoms with Crippen molar-refractivity contribution in [1.29, 1.82) is 0 Å². The number of aryl methyl sites for hydroxylation is 1. The maximum atomic E-state index is 13.1. The third kappa shape index (κ3) is 2.93. The number of rotatable bonds is 5. The van der Waals surface area contributed by atoms with Gasteiger partial charge in [0, 0.05) is 12.5 Å². The molecule has 0 amide bonds. The molecule has 134 valence electrons. The van der Waals surface area contributed by atoms with E-state index >= 15 is 0 Å². The van der Waals surface area contributed by atoms with Gasteiger partial charge < -0.3 is 9.26 Å². The Hall–Kier alpha value is -1.93. The number of methoxy groups -OCH3 is 1. The molecular weight excluding hydrogens is 342 g/mol. The Morgan fingerprint density at radius 1 is 1.28 bits per heavy atom. The molecule has 0 N–H and O–H groups in total. The number of hydrogen-bond donors (Lipinski definition) is 0. The van der Waals surface area contributed by atoms with Crippen molar-refractivity contribution in [3.05, 3.63) is 35.5 Å². The van der Waals surface area contributed by atoms with Crippen molar-refractivity contribution in [3.63, 3.8) is 0 Å². The van der Waals surface area contributed by atoms with Crippen molar-refractivity contribution >= 4 is 10.0 Å². The smallest absolute Gasteiger partial charge is 0.245 e. The quantitative estimate of drug-likeness (QED) is 0.812. The first-order valence-electron chi connectivity index (χ1n) is 8.50. The van der Waals surface area contributed by atoms with Crippen molar-refractivity contribution < 1.29 is 17.7 Å². The van der Waals surface area contributed by atoms with E-state index in [1.165, 1.54) is 4.31 Å². The predicted octanol–water partition coefficient (Wildman–Crippen LogP) is 2.79. The monoisotopic (exact) mass is 363 g/mol. The molecule has 2 heterocycles. The van der Waals surface area contributed by atoms with Gasteiger partial charge in [-0.3, -0.25) is 0 Å². The highest BCUT2D eigenvalue weighted by molar-refractivity contribution is 7.89. The van der Waals surface area contributed by atoms with Gasteiger partial charge in [0.2, 0.25) is 15.9 Å². The summed E-state index contributed by atoms with van der Waals surface area (Å²) in [7, 11) is -2.06. The van der Waals surface area contributed by atoms with E-state index in [-0.39, 0.29) is 10.9 Å². The Balaban J connectivity index is 1.64. The minimum Gasteiger partial charge on any atom is -0.496 e. The third-order valence-corrected chi connectivity index (χ3v) is 6.77. The Labute approximate surface area is 147 Å². The van der Waals surface area contributed by atoms with Crippen LogP contribution in [0, 0.1) is 6.92 Å². The Bertz CT molecular complexity index is 889. The maximum absolute atomic E-state index is 13.1. The van der Waals surface area contributed by atoms with Gasteiger partial charge in [0.15, 0.2) is 5.82 Å². The first-order valence-corrected chi connectivity index (χ1v) is 9.94. The van der Waals surface area contributed by atoms with Crippen LogP contribution in [0.15, 0.2) is 27.6 Å². The summed E-state index contributed by atoms with van der Waals surface area (Å²) in [6.07, 6.45) is 3.63. The van der Waals surface area contributed by atoms with Gasteiger partial charge in [-0.15, -0.1) is 0 Å². The first-order chi connectivity index (χ1) is 12.0. The fraction of sp³-hybridized carbons (Fsp3) is 0.529. The minimum absolute atomic E-state index is 0.264. The summed E-state index contributed by atoms with van der Waals surface area (Å²) in [5, 5.41) is 4.02. The van der Waals surface area contributed by atoms with E-state index in [1.807, 2.05) is 6.92 Å². The second-order valence-corrected chi connectivity index (χ2v) is 8.56. The highest BCUT2D eigenvalue weighted by Crippen LogP contribution is 2.41. The summed E-state index contributed by atoms with van der Waals surface area (Å²) in [6.45, 7) is 2.29. The van der Waals surface area contributed by atoms with E-state index in [9.17, 15) is 8.42 Å². The van der Waals surface area contributed by atoms with Gasteiger partial charge >= 0.3 is 0 Å². The molecular formula is C17H21N3O4S. The molecule has 1 saturated heterocycles. The molecule has 25 heavy (non-hydrogen) atoms. The lowest BCUT2D eigenvalue weighted by atomic mass is 10.2. The zero-order chi connectivity index (χ0) is 17.6. The predicted molar refractivity (Wildman–Crippen MR) is 89.9 cm³/mol. The van der Waals surface area contributed by atoms with E-state index in [0.717, 1.165) is 24.8 Å². The van der Waals surface area contributed by atoms with Gasteiger partial charge in [0.1, 0.15) is 11.8 Å². The van der Waals surface area contributed by atoms with Crippen LogP contribution in [0.2, 0.25) is 0 Å². The molecule has 2 aromatic rings. The lowest BCUT2D eigenvalue weighted by Gasteiger charge is -2.21. The van der Waals surface area contributed by atoms with E-state index < -0.39 is 10.0 Å². The van der Waals surface area contributed by atoms with Crippen molar-refractivity contribution in [2.75, 3.05) is 13.7 Å². The van der Waals surface area contributed by atoms with Crippen molar-refractivity contribution in [1.82, 2.24) is 14.4 Å². The van der Waals surface area contributed by atoms with Crippen molar-refractivity contribution in [3.8, 4) is 5.75 Å². The summed E-state index contributed by atoms with van der Waals surface area (Å²) < 4.78 is 38.3. The maximum Gasteiger partial charge on any atom is 0.245 e. The van der Waals surface area contributed by atoms with Gasteiger partial charge in [-0.1, -0.05) is 5.16 Å². The van der Waals surface area contributed by atoms with Gasteiger partial charge in [-0.05, 0) is 56.4 Å². The van der Waals surface area contributed by atoms with Crippen LogP contribution in [0.5, 0.6) is 5.75 Å². The molecule has 1 atom stereocenters. The van der Waals surface area contributed by atoms with Gasteiger partial charge in [0.25, 0.3) is 0 Å². The molecule has 4 rings (SSSR count). The Morgan fingerprint density at radius 2 is 2.08 bits per heavy atom. The molecule has 1 aromatic heterocycles. The molecule has 0 bridgehead atoms. The molecule has 0 spiro atoms. The van der Waals surface area contributed by atoms with Gasteiger partial charge in [0.05, 0.1) is 12.0 Å². The zero-order valence-corrected chi connectivity index (χ0v) is 15.1. The first kappa shape index (κ1) is 16.5. The topological polar surface area (TPSA) is 85.5 Å². The minimum atomic E-state index is -3.63. The van der Waals surface area contributed by atoms with Crippen molar-refractivity contribution in [2.45, 2.75) is 49.5 Å². The number of aromatic nitrogens is 2. The Morgan fingerprint density at radius 3 is 2.76 bits per heavy atom. The SMILES string of the molecule is COc1ccc(S(=O)(=O)N2CCCC2c2nc(C3CC3)no2)cc1C. The van der Waals surface area contributed by atoms with E-state index in [1.54, 1.807) is 25.3 Å². The second kappa shape index (κ2) is 6.10. The Kier molecular flexibility index (Phi) is 4.04. The number of hydrogen-bond acceptors (Lipinski definition) is 6. The summed E-state index contributed by atoms with van der Waals surface area (Å²) in [6, 6.07) is 4.53. The fourth-order valence-corrected chi connectivity index (χ4v) is 5.05. The number of sulfonamides is 1. The standard InChI is InChI=1S/C17H21N3O4S/c1-11-10-13(7-8-15(11)23-2)25(21,22)20-9-3-4-14(20)17-18-16(19-24-17)12-5-6-12/h7-8,10,12,14H,3-6,9H2,1-2H3. The molecule has 7 nitrogen and oxygen atoms in total. The number of benzene rings is 1. The molecule has 2 aliphatic rings. The molecule has 2 fully saturated rings. The summed E-state index contributed by atoms with van der Waals surface area (Å²) >= 11 is 0. The average Bonchev–Trinajstić information content (AvgIpc) is 3.12. The van der Waals surface area contributed by atoms with E-state index in [0.29, 0.717) is 36.3 Å². The number of ether oxygens (including phenoxy) is 1. The van der Waals surface area contributed by atoms with Crippen molar-refractivity contribution in [2.24, 2.45) is 0 Å². The number of nitrogens with zero attached hydrogens (tertiary/aromatic N) is 3. The third-order valence-electron chi connectivity index (χ3n) is 4.86. The van der Waals surface area contributed by atoms with Crippen LogP contribution in [-0.2, 0) is 10.0 Å². The average molecular weight is 363 g/mol. The molecule has 0 radical (unpaired) electrons. The second-order valence-electron chi connectivity index (χ2n) is 6.67. The molecule has 1 aliphatic carbocycles. The summed E-state index contributed by atoms with van der Waals surface area (Å²) in [4.78, 5) is 4.72. The van der Waals surface area contributed by atoms with Crippen LogP contribution < -0.4 is 4.74 Å². The van der Waals surface area contributed by atoms with Crippen LogP contribution in [0.4, 0.5) is 0 Å². The highest BCUT2D eigenvalue weighted by atomic mass is 32.2. The molecule has 1 aliphatic heterocycles. The van der Waals surface area contributed by atoms with Crippen LogP contribution in [0.25, 0.3) is 0 Å². The highest BCUT2D eigenvalue weighted by Gasteiger charge is 2.40.